The number of nitrogens with two attached hydrogens (primary N) is 1. The van der Waals surface area contributed by atoms with Crippen LogP contribution in [0.3, 0.4) is 0 Å². The predicted molar refractivity (Wildman–Crippen MR) is 104 cm³/mol. The number of guanidine groups is 1. The largest absolute Gasteiger partial charge is 0.496 e. The van der Waals surface area contributed by atoms with Gasteiger partial charge in [-0.2, -0.15) is 0 Å². The third-order valence-electron chi connectivity index (χ3n) is 3.89. The molecule has 0 unspecified atom stereocenters. The van der Waals surface area contributed by atoms with Crippen molar-refractivity contribution in [1.29, 1.82) is 0 Å². The van der Waals surface area contributed by atoms with Crippen molar-refractivity contribution >= 4 is 11.9 Å². The molecule has 0 aliphatic carbocycles. The first-order chi connectivity index (χ1) is 12.5. The maximum absolute atomic E-state index is 11.1. The van der Waals surface area contributed by atoms with Crippen LogP contribution in [0.5, 0.6) is 5.75 Å². The standard InChI is InChI=1S/C20H26N4O2/c1-4-22-20(23-12-15-6-9-16(10-7-15)19(21)25)24-13-17-8-5-14(2)11-18(17)26-3/h5-11H,4,12-13H2,1-3H3,(H2,21,25)(H2,22,23,24). The lowest BCUT2D eigenvalue weighted by molar-refractivity contribution is 0.100. The molecule has 0 radical (unpaired) electrons. The van der Waals surface area contributed by atoms with E-state index in [0.29, 0.717) is 24.6 Å². The van der Waals surface area contributed by atoms with Gasteiger partial charge in [0, 0.05) is 24.2 Å². The summed E-state index contributed by atoms with van der Waals surface area (Å²) in [6.07, 6.45) is 0. The lowest BCUT2D eigenvalue weighted by atomic mass is 10.1. The average molecular weight is 354 g/mol. The fourth-order valence-corrected chi connectivity index (χ4v) is 2.46. The first-order valence-electron chi connectivity index (χ1n) is 8.58. The number of hydrogen-bond acceptors (Lipinski definition) is 3. The summed E-state index contributed by atoms with van der Waals surface area (Å²) in [5.41, 5.74) is 8.97. The maximum atomic E-state index is 11.1. The summed E-state index contributed by atoms with van der Waals surface area (Å²) in [6.45, 7) is 5.92. The topological polar surface area (TPSA) is 88.7 Å². The fourth-order valence-electron chi connectivity index (χ4n) is 2.46. The number of amides is 1. The zero-order chi connectivity index (χ0) is 18.9. The highest BCUT2D eigenvalue weighted by Gasteiger charge is 2.05. The molecule has 2 aromatic carbocycles. The van der Waals surface area contributed by atoms with Crippen LogP contribution >= 0.6 is 0 Å². The van der Waals surface area contributed by atoms with Crippen molar-refractivity contribution in [3.05, 3.63) is 64.7 Å². The molecule has 0 atom stereocenters. The molecule has 26 heavy (non-hydrogen) atoms. The van der Waals surface area contributed by atoms with Crippen molar-refractivity contribution in [2.75, 3.05) is 13.7 Å². The van der Waals surface area contributed by atoms with Crippen LogP contribution < -0.4 is 21.1 Å². The minimum Gasteiger partial charge on any atom is -0.496 e. The lowest BCUT2D eigenvalue weighted by Crippen LogP contribution is -2.36. The monoisotopic (exact) mass is 354 g/mol. The Morgan fingerprint density at radius 3 is 2.50 bits per heavy atom. The highest BCUT2D eigenvalue weighted by molar-refractivity contribution is 5.92. The van der Waals surface area contributed by atoms with Gasteiger partial charge in [-0.25, -0.2) is 4.99 Å². The van der Waals surface area contributed by atoms with Gasteiger partial charge >= 0.3 is 0 Å². The van der Waals surface area contributed by atoms with Gasteiger partial charge in [0.25, 0.3) is 0 Å². The van der Waals surface area contributed by atoms with Gasteiger partial charge in [-0.15, -0.1) is 0 Å². The SMILES string of the molecule is CCNC(=NCc1ccc(C(N)=O)cc1)NCc1ccc(C)cc1OC. The Labute approximate surface area is 154 Å². The number of benzene rings is 2. The van der Waals surface area contributed by atoms with Crippen LogP contribution in [0.15, 0.2) is 47.5 Å². The second kappa shape index (κ2) is 9.46. The number of primary amides is 1. The molecule has 2 rings (SSSR count). The molecule has 0 aromatic heterocycles. The quantitative estimate of drug-likeness (QED) is 0.526. The maximum Gasteiger partial charge on any atom is 0.248 e. The molecule has 0 saturated heterocycles. The molecule has 138 valence electrons. The Morgan fingerprint density at radius 2 is 1.88 bits per heavy atom. The smallest absolute Gasteiger partial charge is 0.248 e. The first kappa shape index (κ1) is 19.3. The summed E-state index contributed by atoms with van der Waals surface area (Å²) in [7, 11) is 1.67. The van der Waals surface area contributed by atoms with Crippen molar-refractivity contribution in [3.8, 4) is 5.75 Å². The summed E-state index contributed by atoms with van der Waals surface area (Å²) in [6, 6.07) is 13.3. The Kier molecular flexibility index (Phi) is 7.02. The van der Waals surface area contributed by atoms with Gasteiger partial charge < -0.3 is 21.1 Å². The molecular formula is C20H26N4O2. The van der Waals surface area contributed by atoms with Crippen LogP contribution in [0.25, 0.3) is 0 Å². The van der Waals surface area contributed by atoms with Crippen molar-refractivity contribution < 1.29 is 9.53 Å². The minimum absolute atomic E-state index is 0.429. The normalized spacial score (nSPS) is 11.1. The van der Waals surface area contributed by atoms with E-state index >= 15 is 0 Å². The van der Waals surface area contributed by atoms with Gasteiger partial charge in [0.2, 0.25) is 5.91 Å². The number of aliphatic imine (C=N–C) groups is 1. The summed E-state index contributed by atoms with van der Waals surface area (Å²) in [5, 5.41) is 6.54. The van der Waals surface area contributed by atoms with Crippen molar-refractivity contribution in [2.45, 2.75) is 26.9 Å². The Bertz CT molecular complexity index is 770. The number of aryl methyl sites for hydroxylation is 1. The van der Waals surface area contributed by atoms with Gasteiger partial charge in [-0.3, -0.25) is 4.79 Å². The fraction of sp³-hybridized carbons (Fsp3) is 0.300. The first-order valence-corrected chi connectivity index (χ1v) is 8.58. The summed E-state index contributed by atoms with van der Waals surface area (Å²) in [5.74, 6) is 1.14. The van der Waals surface area contributed by atoms with E-state index in [0.717, 1.165) is 29.0 Å². The molecule has 6 nitrogen and oxygen atoms in total. The molecular weight excluding hydrogens is 328 g/mol. The molecule has 2 aromatic rings. The molecule has 0 aliphatic heterocycles. The summed E-state index contributed by atoms with van der Waals surface area (Å²) in [4.78, 5) is 15.7. The zero-order valence-corrected chi connectivity index (χ0v) is 15.5. The molecule has 0 spiro atoms. The van der Waals surface area contributed by atoms with E-state index in [2.05, 4.69) is 21.7 Å². The second-order valence-electron chi connectivity index (χ2n) is 5.93. The Balaban J connectivity index is 2.03. The summed E-state index contributed by atoms with van der Waals surface area (Å²) >= 11 is 0. The van der Waals surface area contributed by atoms with E-state index in [9.17, 15) is 4.79 Å². The van der Waals surface area contributed by atoms with Crippen LogP contribution in [0.4, 0.5) is 0 Å². The Hall–Kier alpha value is -3.02. The van der Waals surface area contributed by atoms with E-state index < -0.39 is 5.91 Å². The van der Waals surface area contributed by atoms with Gasteiger partial charge in [0.1, 0.15) is 5.75 Å². The molecule has 0 aliphatic rings. The predicted octanol–water partition coefficient (Wildman–Crippen LogP) is 2.36. The van der Waals surface area contributed by atoms with Crippen molar-refractivity contribution in [2.24, 2.45) is 10.7 Å². The zero-order valence-electron chi connectivity index (χ0n) is 15.5. The molecule has 0 saturated carbocycles. The van der Waals surface area contributed by atoms with Gasteiger partial charge in [-0.1, -0.05) is 24.3 Å². The van der Waals surface area contributed by atoms with E-state index in [1.165, 1.54) is 0 Å². The number of rotatable bonds is 7. The third kappa shape index (κ3) is 5.51. The lowest BCUT2D eigenvalue weighted by Gasteiger charge is -2.14. The van der Waals surface area contributed by atoms with Crippen LogP contribution in [0.1, 0.15) is 34.0 Å². The second-order valence-corrected chi connectivity index (χ2v) is 5.93. The average Bonchev–Trinajstić information content (AvgIpc) is 2.65. The van der Waals surface area contributed by atoms with Gasteiger partial charge in [0.05, 0.1) is 13.7 Å². The van der Waals surface area contributed by atoms with Crippen LogP contribution in [0, 0.1) is 6.92 Å². The highest BCUT2D eigenvalue weighted by Crippen LogP contribution is 2.19. The van der Waals surface area contributed by atoms with E-state index in [4.69, 9.17) is 10.5 Å². The third-order valence-corrected chi connectivity index (χ3v) is 3.89. The van der Waals surface area contributed by atoms with Crippen LogP contribution in [0.2, 0.25) is 0 Å². The Morgan fingerprint density at radius 1 is 1.15 bits per heavy atom. The van der Waals surface area contributed by atoms with Crippen LogP contribution in [-0.4, -0.2) is 25.5 Å². The molecule has 4 N–H and O–H groups in total. The van der Waals surface area contributed by atoms with E-state index in [-0.39, 0.29) is 0 Å². The number of nitrogens with zero attached hydrogens (tertiary/aromatic N) is 1. The molecule has 0 heterocycles. The van der Waals surface area contributed by atoms with Gasteiger partial charge in [-0.05, 0) is 43.2 Å². The number of carbonyl (C=O) groups excluding carboxylic acids is 1. The highest BCUT2D eigenvalue weighted by atomic mass is 16.5. The number of hydrogen-bond donors (Lipinski definition) is 3. The molecule has 0 bridgehead atoms. The van der Waals surface area contributed by atoms with Gasteiger partial charge in [0.15, 0.2) is 5.96 Å². The van der Waals surface area contributed by atoms with Crippen LogP contribution in [-0.2, 0) is 13.1 Å². The molecule has 1 amide bonds. The van der Waals surface area contributed by atoms with E-state index in [1.807, 2.05) is 38.1 Å². The molecule has 0 fully saturated rings. The van der Waals surface area contributed by atoms with E-state index in [1.54, 1.807) is 19.2 Å². The van der Waals surface area contributed by atoms with Crippen molar-refractivity contribution in [3.63, 3.8) is 0 Å². The minimum atomic E-state index is -0.429. The number of nitrogens with one attached hydrogen (secondary N) is 2. The number of ether oxygens (including phenoxy) is 1. The number of carbonyl (C=O) groups is 1. The number of methoxy groups -OCH3 is 1. The molecule has 6 heteroatoms. The summed E-state index contributed by atoms with van der Waals surface area (Å²) < 4.78 is 5.44. The van der Waals surface area contributed by atoms with Crippen molar-refractivity contribution in [1.82, 2.24) is 10.6 Å².